The quantitative estimate of drug-likeness (QED) is 0.199. The molecule has 0 aliphatic carbocycles. The Labute approximate surface area is 155 Å². The first-order valence-electron chi connectivity index (χ1n) is 10.4. The van der Waals surface area contributed by atoms with Crippen molar-refractivity contribution < 1.29 is 0 Å². The van der Waals surface area contributed by atoms with E-state index < -0.39 is 0 Å². The molecule has 0 amide bonds. The van der Waals surface area contributed by atoms with Crippen molar-refractivity contribution in [2.24, 2.45) is 0 Å². The lowest BCUT2D eigenvalue weighted by Gasteiger charge is -2.26. The fourth-order valence-electron chi connectivity index (χ4n) is 2.88. The number of rotatable bonds is 17. The Hall–Kier alpha value is 0.440. The van der Waals surface area contributed by atoms with Gasteiger partial charge in [-0.3, -0.25) is 0 Å². The molecule has 0 aliphatic rings. The molecular formula is C21H44BrN. The Morgan fingerprint density at radius 2 is 1.04 bits per heavy atom. The zero-order valence-electron chi connectivity index (χ0n) is 16.6. The molecule has 0 saturated heterocycles. The van der Waals surface area contributed by atoms with Gasteiger partial charge in [0, 0.05) is 10.4 Å². The molecule has 1 N–H and O–H groups in total. The van der Waals surface area contributed by atoms with Gasteiger partial charge in [-0.1, -0.05) is 106 Å². The highest BCUT2D eigenvalue weighted by Crippen LogP contribution is 2.20. The van der Waals surface area contributed by atoms with E-state index in [2.05, 4.69) is 48.9 Å². The van der Waals surface area contributed by atoms with Gasteiger partial charge in [0.05, 0.1) is 0 Å². The number of unbranched alkanes of at least 4 members (excludes halogenated alkanes) is 13. The highest BCUT2D eigenvalue weighted by molar-refractivity contribution is 9.10. The molecule has 140 valence electrons. The van der Waals surface area contributed by atoms with Crippen molar-refractivity contribution in [3.63, 3.8) is 0 Å². The van der Waals surface area contributed by atoms with Crippen molar-refractivity contribution in [3.05, 3.63) is 0 Å². The van der Waals surface area contributed by atoms with Gasteiger partial charge in [-0.25, -0.2) is 0 Å². The Morgan fingerprint density at radius 1 is 0.696 bits per heavy atom. The lowest BCUT2D eigenvalue weighted by molar-refractivity contribution is 0.453. The van der Waals surface area contributed by atoms with Crippen LogP contribution in [-0.4, -0.2) is 16.9 Å². The number of hydrogen-bond acceptors (Lipinski definition) is 1. The van der Waals surface area contributed by atoms with Gasteiger partial charge >= 0.3 is 0 Å². The molecule has 1 nitrogen and oxygen atoms in total. The first kappa shape index (κ1) is 23.4. The zero-order valence-corrected chi connectivity index (χ0v) is 18.1. The standard InChI is InChI=1S/C21H44BrN/c1-5-6-7-8-9-10-11-12-13-14-15-16-17-18-19-23-20(2)21(3,4)22/h20,23H,5-19H2,1-4H3. The van der Waals surface area contributed by atoms with Gasteiger partial charge in [0.25, 0.3) is 0 Å². The third-order valence-corrected chi connectivity index (χ3v) is 5.70. The Morgan fingerprint density at radius 3 is 1.39 bits per heavy atom. The molecule has 0 heterocycles. The summed E-state index contributed by atoms with van der Waals surface area (Å²) in [4.78, 5) is 0. The van der Waals surface area contributed by atoms with E-state index in [0.717, 1.165) is 6.54 Å². The first-order chi connectivity index (χ1) is 11.0. The van der Waals surface area contributed by atoms with Crippen molar-refractivity contribution in [3.8, 4) is 0 Å². The Balaban J connectivity index is 3.11. The minimum atomic E-state index is 0.197. The largest absolute Gasteiger partial charge is 0.313 e. The molecular weight excluding hydrogens is 346 g/mol. The molecule has 0 spiro atoms. The topological polar surface area (TPSA) is 12.0 Å². The third kappa shape index (κ3) is 17.1. The zero-order chi connectivity index (χ0) is 17.4. The van der Waals surface area contributed by atoms with E-state index in [1.165, 1.54) is 89.9 Å². The van der Waals surface area contributed by atoms with Crippen molar-refractivity contribution in [2.75, 3.05) is 6.54 Å². The molecule has 1 unspecified atom stereocenters. The fourth-order valence-corrected chi connectivity index (χ4v) is 3.04. The monoisotopic (exact) mass is 389 g/mol. The van der Waals surface area contributed by atoms with Crippen molar-refractivity contribution in [1.29, 1.82) is 0 Å². The molecule has 0 fully saturated rings. The fraction of sp³-hybridized carbons (Fsp3) is 1.00. The highest BCUT2D eigenvalue weighted by Gasteiger charge is 2.20. The predicted molar refractivity (Wildman–Crippen MR) is 111 cm³/mol. The van der Waals surface area contributed by atoms with Gasteiger partial charge in [0.2, 0.25) is 0 Å². The van der Waals surface area contributed by atoms with Crippen LogP contribution in [0.1, 0.15) is 118 Å². The van der Waals surface area contributed by atoms with E-state index in [1.807, 2.05) is 0 Å². The van der Waals surface area contributed by atoms with Crippen LogP contribution in [0.25, 0.3) is 0 Å². The molecule has 0 aromatic rings. The molecule has 0 rings (SSSR count). The summed E-state index contributed by atoms with van der Waals surface area (Å²) in [7, 11) is 0. The van der Waals surface area contributed by atoms with Crippen molar-refractivity contribution in [1.82, 2.24) is 5.32 Å². The van der Waals surface area contributed by atoms with Crippen LogP contribution < -0.4 is 5.32 Å². The van der Waals surface area contributed by atoms with E-state index in [9.17, 15) is 0 Å². The predicted octanol–water partition coefficient (Wildman–Crippen LogP) is 7.62. The van der Waals surface area contributed by atoms with E-state index in [1.54, 1.807) is 0 Å². The molecule has 0 aromatic heterocycles. The maximum absolute atomic E-state index is 3.73. The van der Waals surface area contributed by atoms with Gasteiger partial charge in [-0.15, -0.1) is 0 Å². The SMILES string of the molecule is CCCCCCCCCCCCCCCCNC(C)C(C)(C)Br. The van der Waals surface area contributed by atoms with Crippen LogP contribution in [-0.2, 0) is 0 Å². The molecule has 2 heteroatoms. The highest BCUT2D eigenvalue weighted by atomic mass is 79.9. The summed E-state index contributed by atoms with van der Waals surface area (Å²) in [6, 6.07) is 0.532. The average molecular weight is 390 g/mol. The summed E-state index contributed by atoms with van der Waals surface area (Å²) in [5, 5.41) is 3.62. The van der Waals surface area contributed by atoms with E-state index in [4.69, 9.17) is 0 Å². The minimum Gasteiger partial charge on any atom is -0.313 e. The number of hydrogen-bond donors (Lipinski definition) is 1. The second kappa shape index (κ2) is 15.9. The molecule has 0 aromatic carbocycles. The second-order valence-corrected chi connectivity index (χ2v) is 9.88. The lowest BCUT2D eigenvalue weighted by atomic mass is 10.0. The molecule has 23 heavy (non-hydrogen) atoms. The molecule has 0 bridgehead atoms. The number of halogens is 1. The Bertz CT molecular complexity index is 234. The van der Waals surface area contributed by atoms with Gasteiger partial charge in [-0.2, -0.15) is 0 Å². The van der Waals surface area contributed by atoms with Crippen molar-refractivity contribution in [2.45, 2.75) is 128 Å². The van der Waals surface area contributed by atoms with E-state index in [-0.39, 0.29) is 4.32 Å². The van der Waals surface area contributed by atoms with Crippen LogP contribution in [0.15, 0.2) is 0 Å². The normalized spacial score (nSPS) is 13.4. The van der Waals surface area contributed by atoms with Crippen LogP contribution in [0.5, 0.6) is 0 Å². The maximum atomic E-state index is 3.73. The molecule has 0 aliphatic heterocycles. The van der Waals surface area contributed by atoms with Crippen LogP contribution in [0.2, 0.25) is 0 Å². The maximum Gasteiger partial charge on any atom is 0.0351 e. The van der Waals surface area contributed by atoms with Gasteiger partial charge in [0.1, 0.15) is 0 Å². The summed E-state index contributed by atoms with van der Waals surface area (Å²) in [6.07, 6.45) is 20.1. The van der Waals surface area contributed by atoms with Crippen LogP contribution in [0, 0.1) is 0 Å². The summed E-state index contributed by atoms with van der Waals surface area (Å²) < 4.78 is 0.197. The van der Waals surface area contributed by atoms with Gasteiger partial charge in [0.15, 0.2) is 0 Å². The molecule has 0 saturated carbocycles. The van der Waals surface area contributed by atoms with E-state index >= 15 is 0 Å². The summed E-state index contributed by atoms with van der Waals surface area (Å²) in [6.45, 7) is 10.2. The second-order valence-electron chi connectivity index (χ2n) is 7.84. The average Bonchev–Trinajstić information content (AvgIpc) is 2.50. The Kier molecular flexibility index (Phi) is 16.2. The van der Waals surface area contributed by atoms with Gasteiger partial charge in [-0.05, 0) is 33.7 Å². The van der Waals surface area contributed by atoms with Crippen molar-refractivity contribution >= 4 is 15.9 Å². The summed E-state index contributed by atoms with van der Waals surface area (Å²) in [5.41, 5.74) is 0. The smallest absolute Gasteiger partial charge is 0.0351 e. The molecule has 0 radical (unpaired) electrons. The van der Waals surface area contributed by atoms with E-state index in [0.29, 0.717) is 6.04 Å². The number of nitrogens with one attached hydrogen (secondary N) is 1. The van der Waals surface area contributed by atoms with Gasteiger partial charge < -0.3 is 5.32 Å². The first-order valence-corrected chi connectivity index (χ1v) is 11.2. The molecule has 1 atom stereocenters. The van der Waals surface area contributed by atoms with Crippen LogP contribution in [0.4, 0.5) is 0 Å². The lowest BCUT2D eigenvalue weighted by Crippen LogP contribution is -2.40. The van der Waals surface area contributed by atoms with Crippen LogP contribution >= 0.6 is 15.9 Å². The summed E-state index contributed by atoms with van der Waals surface area (Å²) in [5.74, 6) is 0. The number of alkyl halides is 1. The van der Waals surface area contributed by atoms with Crippen LogP contribution in [0.3, 0.4) is 0 Å². The third-order valence-electron chi connectivity index (χ3n) is 5.01. The minimum absolute atomic E-state index is 0.197. The summed E-state index contributed by atoms with van der Waals surface area (Å²) >= 11 is 3.73.